The largest absolute Gasteiger partial charge is 0.417 e. The van der Waals surface area contributed by atoms with E-state index in [4.69, 9.17) is 0 Å². The normalized spacial score (nSPS) is 20.4. The first kappa shape index (κ1) is 20.3. The summed E-state index contributed by atoms with van der Waals surface area (Å²) in [7, 11) is 0. The van der Waals surface area contributed by atoms with E-state index >= 15 is 0 Å². The molecule has 1 amide bonds. The molecule has 1 aliphatic heterocycles. The summed E-state index contributed by atoms with van der Waals surface area (Å²) in [6, 6.07) is 2.30. The molecule has 0 radical (unpaired) electrons. The monoisotopic (exact) mass is 395 g/mol. The van der Waals surface area contributed by atoms with Gasteiger partial charge in [-0.3, -0.25) is 4.79 Å². The van der Waals surface area contributed by atoms with Crippen LogP contribution >= 0.6 is 0 Å². The summed E-state index contributed by atoms with van der Waals surface area (Å²) in [5.74, 6) is 0.260. The van der Waals surface area contributed by atoms with E-state index < -0.39 is 11.7 Å². The zero-order valence-corrected chi connectivity index (χ0v) is 16.0. The van der Waals surface area contributed by atoms with Crippen molar-refractivity contribution in [2.75, 3.05) is 13.1 Å². The summed E-state index contributed by atoms with van der Waals surface area (Å²) in [6.45, 7) is 7.58. The van der Waals surface area contributed by atoms with E-state index in [0.717, 1.165) is 31.8 Å². The topological polar surface area (TPSA) is 71.8 Å². The van der Waals surface area contributed by atoms with E-state index in [0.29, 0.717) is 17.2 Å². The lowest BCUT2D eigenvalue weighted by Crippen LogP contribution is -2.48. The van der Waals surface area contributed by atoms with Crippen molar-refractivity contribution < 1.29 is 18.0 Å². The number of aromatic nitrogens is 3. The van der Waals surface area contributed by atoms with Crippen molar-refractivity contribution in [3.63, 3.8) is 0 Å². The average Bonchev–Trinajstić information content (AvgIpc) is 3.08. The fourth-order valence-electron chi connectivity index (χ4n) is 3.42. The Balaban J connectivity index is 1.88. The van der Waals surface area contributed by atoms with E-state index in [1.807, 2.05) is 13.8 Å². The third-order valence-electron chi connectivity index (χ3n) is 4.99. The van der Waals surface area contributed by atoms with Crippen molar-refractivity contribution in [3.05, 3.63) is 41.3 Å². The van der Waals surface area contributed by atoms with Crippen LogP contribution in [-0.2, 0) is 6.18 Å². The summed E-state index contributed by atoms with van der Waals surface area (Å²) in [5.41, 5.74) is 0.209. The summed E-state index contributed by atoms with van der Waals surface area (Å²) in [6.07, 6.45) is -1.38. The molecule has 0 aromatic carbocycles. The number of piperidine rings is 1. The lowest BCUT2D eigenvalue weighted by Gasteiger charge is -2.30. The summed E-state index contributed by atoms with van der Waals surface area (Å²) in [4.78, 5) is 16.8. The molecular weight excluding hydrogens is 371 g/mol. The first-order chi connectivity index (χ1) is 13.2. The molecule has 3 heterocycles. The third-order valence-corrected chi connectivity index (χ3v) is 4.99. The second kappa shape index (κ2) is 7.90. The second-order valence-corrected chi connectivity index (χ2v) is 7.46. The van der Waals surface area contributed by atoms with Gasteiger partial charge in [0.05, 0.1) is 23.0 Å². The fourth-order valence-corrected chi connectivity index (χ4v) is 3.42. The molecule has 2 aromatic rings. The lowest BCUT2D eigenvalue weighted by atomic mass is 9.94. The van der Waals surface area contributed by atoms with Crippen molar-refractivity contribution in [3.8, 4) is 5.82 Å². The number of halogens is 3. The summed E-state index contributed by atoms with van der Waals surface area (Å²) >= 11 is 0. The lowest BCUT2D eigenvalue weighted by molar-refractivity contribution is -0.137. The molecule has 2 atom stereocenters. The number of nitrogens with zero attached hydrogens (tertiary/aromatic N) is 3. The molecule has 0 saturated carbocycles. The molecule has 3 rings (SSSR count). The molecule has 0 bridgehead atoms. The van der Waals surface area contributed by atoms with Crippen LogP contribution in [-0.4, -0.2) is 39.8 Å². The van der Waals surface area contributed by atoms with Gasteiger partial charge in [0.25, 0.3) is 5.91 Å². The number of hydrogen-bond donors (Lipinski definition) is 2. The molecule has 152 valence electrons. The van der Waals surface area contributed by atoms with Gasteiger partial charge >= 0.3 is 6.18 Å². The Morgan fingerprint density at radius 2 is 2.07 bits per heavy atom. The van der Waals surface area contributed by atoms with Crippen molar-refractivity contribution in [1.82, 2.24) is 25.4 Å². The molecule has 2 N–H and O–H groups in total. The number of hydrogen-bond acceptors (Lipinski definition) is 4. The maximum atomic E-state index is 12.9. The standard InChI is InChI=1S/C19H24F3N5O/c1-11(2)17-14(18(28)26-15-6-7-23-8-12(15)3)10-25-27(17)16-5-4-13(9-24-16)19(20,21)22/h4-5,9-12,15,23H,6-8H2,1-3H3,(H,26,28). The number of amides is 1. The minimum Gasteiger partial charge on any atom is -0.349 e. The van der Waals surface area contributed by atoms with Gasteiger partial charge in [-0.1, -0.05) is 20.8 Å². The number of rotatable bonds is 4. The minimum absolute atomic E-state index is 0.0707. The van der Waals surface area contributed by atoms with Crippen molar-refractivity contribution >= 4 is 5.91 Å². The van der Waals surface area contributed by atoms with E-state index in [1.54, 1.807) is 0 Å². The van der Waals surface area contributed by atoms with Gasteiger partial charge in [0.2, 0.25) is 0 Å². The molecular formula is C19H24F3N5O. The number of nitrogens with one attached hydrogen (secondary N) is 2. The van der Waals surface area contributed by atoms with Gasteiger partial charge in [-0.05, 0) is 43.5 Å². The highest BCUT2D eigenvalue weighted by molar-refractivity contribution is 5.95. The predicted molar refractivity (Wildman–Crippen MR) is 98.4 cm³/mol. The highest BCUT2D eigenvalue weighted by atomic mass is 19.4. The maximum Gasteiger partial charge on any atom is 0.417 e. The van der Waals surface area contributed by atoms with Gasteiger partial charge in [0.1, 0.15) is 0 Å². The molecule has 9 heteroatoms. The van der Waals surface area contributed by atoms with Crippen molar-refractivity contribution in [1.29, 1.82) is 0 Å². The smallest absolute Gasteiger partial charge is 0.349 e. The Bertz CT molecular complexity index is 829. The molecule has 2 aromatic heterocycles. The van der Waals surface area contributed by atoms with Crippen LogP contribution in [0.1, 0.15) is 54.7 Å². The average molecular weight is 395 g/mol. The SMILES string of the molecule is CC(C)c1c(C(=O)NC2CCNCC2C)cnn1-c1ccc(C(F)(F)F)cn1. The number of carbonyl (C=O) groups is 1. The Hall–Kier alpha value is -2.42. The zero-order chi connectivity index (χ0) is 20.5. The Morgan fingerprint density at radius 1 is 1.32 bits per heavy atom. The Kier molecular flexibility index (Phi) is 5.74. The predicted octanol–water partition coefficient (Wildman–Crippen LogP) is 3.14. The maximum absolute atomic E-state index is 12.9. The van der Waals surface area contributed by atoms with Gasteiger partial charge in [-0.15, -0.1) is 0 Å². The van der Waals surface area contributed by atoms with Crippen LogP contribution in [0, 0.1) is 5.92 Å². The molecule has 1 fully saturated rings. The Morgan fingerprint density at radius 3 is 2.64 bits per heavy atom. The molecule has 1 saturated heterocycles. The van der Waals surface area contributed by atoms with Crippen LogP contribution in [0.5, 0.6) is 0 Å². The van der Waals surface area contributed by atoms with E-state index in [2.05, 4.69) is 27.6 Å². The number of pyridine rings is 1. The van der Waals surface area contributed by atoms with E-state index in [9.17, 15) is 18.0 Å². The minimum atomic E-state index is -4.45. The van der Waals surface area contributed by atoms with Crippen LogP contribution < -0.4 is 10.6 Å². The first-order valence-corrected chi connectivity index (χ1v) is 9.31. The van der Waals surface area contributed by atoms with Gasteiger partial charge in [-0.2, -0.15) is 18.3 Å². The van der Waals surface area contributed by atoms with Crippen LogP contribution in [0.25, 0.3) is 5.82 Å². The van der Waals surface area contributed by atoms with Gasteiger partial charge in [-0.25, -0.2) is 9.67 Å². The number of carbonyl (C=O) groups excluding carboxylic acids is 1. The van der Waals surface area contributed by atoms with Crippen LogP contribution in [0.2, 0.25) is 0 Å². The van der Waals surface area contributed by atoms with Crippen LogP contribution in [0.3, 0.4) is 0 Å². The fraction of sp³-hybridized carbons (Fsp3) is 0.526. The van der Waals surface area contributed by atoms with Crippen molar-refractivity contribution in [2.24, 2.45) is 5.92 Å². The molecule has 0 spiro atoms. The van der Waals surface area contributed by atoms with Gasteiger partial charge < -0.3 is 10.6 Å². The molecule has 6 nitrogen and oxygen atoms in total. The zero-order valence-electron chi connectivity index (χ0n) is 16.0. The third kappa shape index (κ3) is 4.19. The molecule has 2 unspecified atom stereocenters. The Labute approximate surface area is 161 Å². The molecule has 28 heavy (non-hydrogen) atoms. The van der Waals surface area contributed by atoms with Gasteiger partial charge in [0, 0.05) is 12.2 Å². The second-order valence-electron chi connectivity index (χ2n) is 7.46. The molecule has 0 aliphatic carbocycles. The van der Waals surface area contributed by atoms with E-state index in [1.165, 1.54) is 16.9 Å². The van der Waals surface area contributed by atoms with E-state index in [-0.39, 0.29) is 23.7 Å². The quantitative estimate of drug-likeness (QED) is 0.834. The summed E-state index contributed by atoms with van der Waals surface area (Å²) in [5, 5.41) is 10.6. The van der Waals surface area contributed by atoms with Crippen LogP contribution in [0.4, 0.5) is 13.2 Å². The number of alkyl halides is 3. The first-order valence-electron chi connectivity index (χ1n) is 9.31. The summed E-state index contributed by atoms with van der Waals surface area (Å²) < 4.78 is 39.8. The highest BCUT2D eigenvalue weighted by Crippen LogP contribution is 2.29. The van der Waals surface area contributed by atoms with Crippen LogP contribution in [0.15, 0.2) is 24.5 Å². The van der Waals surface area contributed by atoms with Gasteiger partial charge in [0.15, 0.2) is 5.82 Å². The highest BCUT2D eigenvalue weighted by Gasteiger charge is 2.31. The van der Waals surface area contributed by atoms with Crippen molar-refractivity contribution in [2.45, 2.75) is 45.3 Å². The molecule has 1 aliphatic rings.